The van der Waals surface area contributed by atoms with Crippen LogP contribution >= 0.6 is 0 Å². The predicted molar refractivity (Wildman–Crippen MR) is 67.4 cm³/mol. The summed E-state index contributed by atoms with van der Waals surface area (Å²) in [5.41, 5.74) is 0. The van der Waals surface area contributed by atoms with Crippen LogP contribution in [0.4, 0.5) is 4.79 Å². The van der Waals surface area contributed by atoms with Crippen LogP contribution in [0.1, 0.15) is 47.0 Å². The third-order valence-electron chi connectivity index (χ3n) is 3.62. The second-order valence-corrected chi connectivity index (χ2v) is 5.38. The van der Waals surface area contributed by atoms with Gasteiger partial charge in [0, 0.05) is 19.1 Å². The molecule has 0 aromatic heterocycles. The summed E-state index contributed by atoms with van der Waals surface area (Å²) < 4.78 is 0. The van der Waals surface area contributed by atoms with Crippen molar-refractivity contribution in [2.45, 2.75) is 53.0 Å². The van der Waals surface area contributed by atoms with Crippen molar-refractivity contribution < 1.29 is 4.79 Å². The lowest BCUT2D eigenvalue weighted by Gasteiger charge is -2.32. The highest BCUT2D eigenvalue weighted by molar-refractivity contribution is 5.74. The van der Waals surface area contributed by atoms with Crippen LogP contribution in [0.5, 0.6) is 0 Å². The van der Waals surface area contributed by atoms with Crippen LogP contribution in [0.25, 0.3) is 0 Å². The normalized spacial score (nSPS) is 19.9. The molecule has 1 fully saturated rings. The first-order chi connectivity index (χ1) is 7.54. The molecule has 94 valence electrons. The van der Waals surface area contributed by atoms with Crippen LogP contribution in [0.3, 0.4) is 0 Å². The molecule has 0 aliphatic carbocycles. The first-order valence-electron chi connectivity index (χ1n) is 6.60. The molecule has 0 radical (unpaired) electrons. The first-order valence-corrected chi connectivity index (χ1v) is 6.60. The summed E-state index contributed by atoms with van der Waals surface area (Å²) in [5, 5.41) is 3.14. The second-order valence-electron chi connectivity index (χ2n) is 5.38. The van der Waals surface area contributed by atoms with E-state index in [1.807, 2.05) is 4.90 Å². The molecule has 2 amide bonds. The topological polar surface area (TPSA) is 32.3 Å². The van der Waals surface area contributed by atoms with Gasteiger partial charge in [-0.1, -0.05) is 27.7 Å². The average Bonchev–Trinajstić information content (AvgIpc) is 2.26. The number of rotatable bonds is 3. The van der Waals surface area contributed by atoms with Gasteiger partial charge < -0.3 is 10.2 Å². The average molecular weight is 226 g/mol. The van der Waals surface area contributed by atoms with Crippen LogP contribution in [-0.4, -0.2) is 30.1 Å². The maximum Gasteiger partial charge on any atom is 0.317 e. The summed E-state index contributed by atoms with van der Waals surface area (Å²) in [7, 11) is 0. The van der Waals surface area contributed by atoms with E-state index in [1.54, 1.807) is 0 Å². The summed E-state index contributed by atoms with van der Waals surface area (Å²) in [5.74, 6) is 1.29. The molecule has 0 bridgehead atoms. The molecule has 1 aliphatic heterocycles. The van der Waals surface area contributed by atoms with Gasteiger partial charge >= 0.3 is 6.03 Å². The largest absolute Gasteiger partial charge is 0.335 e. The van der Waals surface area contributed by atoms with Crippen molar-refractivity contribution in [2.75, 3.05) is 13.1 Å². The fraction of sp³-hybridized carbons (Fsp3) is 0.923. The van der Waals surface area contributed by atoms with Crippen LogP contribution < -0.4 is 5.32 Å². The minimum Gasteiger partial charge on any atom is -0.335 e. The van der Waals surface area contributed by atoms with Gasteiger partial charge in [-0.05, 0) is 31.1 Å². The number of hydrogen-bond acceptors (Lipinski definition) is 1. The van der Waals surface area contributed by atoms with Gasteiger partial charge in [-0.25, -0.2) is 4.79 Å². The molecular weight excluding hydrogens is 200 g/mol. The number of nitrogens with one attached hydrogen (secondary N) is 1. The molecule has 1 unspecified atom stereocenters. The molecule has 1 saturated heterocycles. The highest BCUT2D eigenvalue weighted by Crippen LogP contribution is 2.16. The summed E-state index contributed by atoms with van der Waals surface area (Å²) >= 11 is 0. The maximum absolute atomic E-state index is 12.0. The predicted octanol–water partition coefficient (Wildman–Crippen LogP) is 2.86. The molecule has 1 atom stereocenters. The Bertz CT molecular complexity index is 220. The lowest BCUT2D eigenvalue weighted by Crippen LogP contribution is -2.48. The molecule has 16 heavy (non-hydrogen) atoms. The number of carbonyl (C=O) groups is 1. The third-order valence-corrected chi connectivity index (χ3v) is 3.62. The van der Waals surface area contributed by atoms with Crippen molar-refractivity contribution in [1.82, 2.24) is 10.2 Å². The van der Waals surface area contributed by atoms with E-state index in [4.69, 9.17) is 0 Å². The molecule has 1 heterocycles. The van der Waals surface area contributed by atoms with E-state index in [2.05, 4.69) is 33.0 Å². The monoisotopic (exact) mass is 226 g/mol. The Morgan fingerprint density at radius 1 is 1.38 bits per heavy atom. The van der Waals surface area contributed by atoms with E-state index in [0.29, 0.717) is 12.0 Å². The Hall–Kier alpha value is -0.730. The van der Waals surface area contributed by atoms with E-state index in [1.165, 1.54) is 0 Å². The molecule has 1 rings (SSSR count). The van der Waals surface area contributed by atoms with Crippen molar-refractivity contribution in [3.05, 3.63) is 0 Å². The smallest absolute Gasteiger partial charge is 0.317 e. The van der Waals surface area contributed by atoms with Crippen LogP contribution in [-0.2, 0) is 0 Å². The molecule has 0 spiro atoms. The van der Waals surface area contributed by atoms with Crippen molar-refractivity contribution in [3.8, 4) is 0 Å². The minimum absolute atomic E-state index is 0.132. The highest BCUT2D eigenvalue weighted by Gasteiger charge is 2.22. The standard InChI is InChI=1S/C13H26N2O/c1-5-12(10(2)3)14-13(16)15-8-6-11(4)7-9-15/h10-12H,5-9H2,1-4H3,(H,14,16). The Morgan fingerprint density at radius 3 is 2.38 bits per heavy atom. The van der Waals surface area contributed by atoms with Crippen molar-refractivity contribution in [3.63, 3.8) is 0 Å². The summed E-state index contributed by atoms with van der Waals surface area (Å²) in [4.78, 5) is 14.0. The van der Waals surface area contributed by atoms with E-state index in [-0.39, 0.29) is 6.03 Å². The lowest BCUT2D eigenvalue weighted by molar-refractivity contribution is 0.167. The van der Waals surface area contributed by atoms with E-state index < -0.39 is 0 Å². The number of piperidine rings is 1. The van der Waals surface area contributed by atoms with E-state index in [0.717, 1.165) is 38.3 Å². The van der Waals surface area contributed by atoms with Gasteiger partial charge in [0.25, 0.3) is 0 Å². The van der Waals surface area contributed by atoms with Gasteiger partial charge in [0.1, 0.15) is 0 Å². The zero-order valence-electron chi connectivity index (χ0n) is 11.1. The Kier molecular flexibility index (Phi) is 5.10. The number of carbonyl (C=O) groups excluding carboxylic acids is 1. The van der Waals surface area contributed by atoms with Gasteiger partial charge in [-0.3, -0.25) is 0 Å². The van der Waals surface area contributed by atoms with Crippen molar-refractivity contribution >= 4 is 6.03 Å². The molecule has 1 N–H and O–H groups in total. The SMILES string of the molecule is CCC(NC(=O)N1CCC(C)CC1)C(C)C. The van der Waals surface area contributed by atoms with Gasteiger partial charge in [0.15, 0.2) is 0 Å². The molecular formula is C13H26N2O. The van der Waals surface area contributed by atoms with Gasteiger partial charge in [0.05, 0.1) is 0 Å². The Balaban J connectivity index is 2.39. The molecule has 0 aromatic carbocycles. The zero-order valence-corrected chi connectivity index (χ0v) is 11.1. The zero-order chi connectivity index (χ0) is 12.1. The molecule has 3 heteroatoms. The molecule has 0 saturated carbocycles. The van der Waals surface area contributed by atoms with E-state index in [9.17, 15) is 4.79 Å². The van der Waals surface area contributed by atoms with Crippen LogP contribution in [0, 0.1) is 11.8 Å². The number of amides is 2. The molecule has 0 aromatic rings. The van der Waals surface area contributed by atoms with Gasteiger partial charge in [-0.2, -0.15) is 0 Å². The Labute approximate surface area is 99.6 Å². The number of urea groups is 1. The van der Waals surface area contributed by atoms with Gasteiger partial charge in [-0.15, -0.1) is 0 Å². The third kappa shape index (κ3) is 3.69. The summed E-state index contributed by atoms with van der Waals surface area (Å²) in [6.07, 6.45) is 3.30. The fourth-order valence-corrected chi connectivity index (χ4v) is 2.20. The van der Waals surface area contributed by atoms with E-state index >= 15 is 0 Å². The maximum atomic E-state index is 12.0. The minimum atomic E-state index is 0.132. The fourth-order valence-electron chi connectivity index (χ4n) is 2.20. The number of likely N-dealkylation sites (tertiary alicyclic amines) is 1. The number of nitrogens with zero attached hydrogens (tertiary/aromatic N) is 1. The Morgan fingerprint density at radius 2 is 1.94 bits per heavy atom. The number of hydrogen-bond donors (Lipinski definition) is 1. The lowest BCUT2D eigenvalue weighted by atomic mass is 9.99. The van der Waals surface area contributed by atoms with Crippen molar-refractivity contribution in [1.29, 1.82) is 0 Å². The van der Waals surface area contributed by atoms with Gasteiger partial charge in [0.2, 0.25) is 0 Å². The quantitative estimate of drug-likeness (QED) is 0.788. The summed E-state index contributed by atoms with van der Waals surface area (Å²) in [6.45, 7) is 10.5. The van der Waals surface area contributed by atoms with Crippen LogP contribution in [0.2, 0.25) is 0 Å². The molecule has 1 aliphatic rings. The highest BCUT2D eigenvalue weighted by atomic mass is 16.2. The first kappa shape index (κ1) is 13.3. The van der Waals surface area contributed by atoms with Crippen LogP contribution in [0.15, 0.2) is 0 Å². The summed E-state index contributed by atoms with van der Waals surface area (Å²) in [6, 6.07) is 0.444. The second kappa shape index (κ2) is 6.12. The molecule has 3 nitrogen and oxygen atoms in total. The van der Waals surface area contributed by atoms with Crippen molar-refractivity contribution in [2.24, 2.45) is 11.8 Å².